The number of aryl methyl sites for hydroxylation is 1. The van der Waals surface area contributed by atoms with E-state index in [1.54, 1.807) is 0 Å². The Labute approximate surface area is 94.9 Å². The van der Waals surface area contributed by atoms with Gasteiger partial charge in [0.05, 0.1) is 6.61 Å². The van der Waals surface area contributed by atoms with Crippen LogP contribution in [0.2, 0.25) is 0 Å². The minimum Gasteiger partial charge on any atom is -0.381 e. The molecule has 1 aromatic heterocycles. The van der Waals surface area contributed by atoms with Gasteiger partial charge in [0.2, 0.25) is 0 Å². The van der Waals surface area contributed by atoms with Crippen molar-refractivity contribution in [3.8, 4) is 0 Å². The third-order valence-corrected chi connectivity index (χ3v) is 3.37. The molecule has 1 fully saturated rings. The Morgan fingerprint density at radius 1 is 1.47 bits per heavy atom. The summed E-state index contributed by atoms with van der Waals surface area (Å²) in [4.78, 5) is 7.76. The average molecular weight is 224 g/mol. The Kier molecular flexibility index (Phi) is 3.17. The van der Waals surface area contributed by atoms with E-state index in [1.165, 1.54) is 0 Å². The molecule has 0 saturated carbocycles. The zero-order valence-electron chi connectivity index (χ0n) is 9.17. The summed E-state index contributed by atoms with van der Waals surface area (Å²) in [6, 6.07) is 0. The van der Waals surface area contributed by atoms with Gasteiger partial charge in [-0.1, -0.05) is 12.2 Å². The molecular weight excluding hydrogens is 208 g/mol. The van der Waals surface area contributed by atoms with Crippen LogP contribution in [0.5, 0.6) is 0 Å². The second-order valence-corrected chi connectivity index (χ2v) is 4.48. The number of aromatic nitrogens is 2. The molecule has 1 aromatic rings. The molecule has 1 unspecified atom stereocenters. The fraction of sp³-hybridized carbons (Fsp3) is 0.636. The molecule has 1 N–H and O–H groups in total. The minimum absolute atomic E-state index is 0.389. The van der Waals surface area contributed by atoms with E-state index in [0.717, 1.165) is 43.1 Å². The van der Waals surface area contributed by atoms with Crippen molar-refractivity contribution in [2.24, 2.45) is 0 Å². The molecule has 0 spiro atoms. The van der Waals surface area contributed by atoms with Crippen LogP contribution in [0.15, 0.2) is 0 Å². The van der Waals surface area contributed by atoms with Gasteiger partial charge in [0.1, 0.15) is 10.5 Å². The van der Waals surface area contributed by atoms with Crippen molar-refractivity contribution in [1.29, 1.82) is 0 Å². The lowest BCUT2D eigenvalue weighted by Crippen LogP contribution is -2.18. The highest BCUT2D eigenvalue weighted by molar-refractivity contribution is 7.71. The standard InChI is InChI=1S/C11H16N2OS/c1-7-8(2)12-10(13-11(7)15)9-4-3-5-14-6-9/h9H,3-6H2,1-2H3,(H,12,13,15). The number of hydrogen-bond donors (Lipinski definition) is 1. The van der Waals surface area contributed by atoms with E-state index in [4.69, 9.17) is 17.0 Å². The first-order valence-corrected chi connectivity index (χ1v) is 5.74. The van der Waals surface area contributed by atoms with Gasteiger partial charge in [-0.15, -0.1) is 0 Å². The van der Waals surface area contributed by atoms with Gasteiger partial charge < -0.3 is 9.72 Å². The summed E-state index contributed by atoms with van der Waals surface area (Å²) in [6.45, 7) is 5.69. The summed E-state index contributed by atoms with van der Waals surface area (Å²) in [5, 5.41) is 0. The number of nitrogens with zero attached hydrogens (tertiary/aromatic N) is 1. The van der Waals surface area contributed by atoms with Gasteiger partial charge in [0.25, 0.3) is 0 Å². The van der Waals surface area contributed by atoms with Crippen molar-refractivity contribution in [3.63, 3.8) is 0 Å². The van der Waals surface area contributed by atoms with E-state index in [-0.39, 0.29) is 0 Å². The molecule has 1 saturated heterocycles. The van der Waals surface area contributed by atoms with E-state index in [1.807, 2.05) is 13.8 Å². The third-order valence-electron chi connectivity index (χ3n) is 2.97. The molecule has 2 heterocycles. The third kappa shape index (κ3) is 2.26. The number of nitrogens with one attached hydrogen (secondary N) is 1. The highest BCUT2D eigenvalue weighted by atomic mass is 32.1. The van der Waals surface area contributed by atoms with Gasteiger partial charge in [-0.2, -0.15) is 0 Å². The average Bonchev–Trinajstić information content (AvgIpc) is 2.26. The molecule has 1 aliphatic rings. The minimum atomic E-state index is 0.389. The zero-order chi connectivity index (χ0) is 10.8. The Morgan fingerprint density at radius 3 is 2.87 bits per heavy atom. The van der Waals surface area contributed by atoms with Crippen LogP contribution in [0.4, 0.5) is 0 Å². The Morgan fingerprint density at radius 2 is 2.27 bits per heavy atom. The number of aromatic amines is 1. The van der Waals surface area contributed by atoms with Crippen LogP contribution in [0.3, 0.4) is 0 Å². The van der Waals surface area contributed by atoms with Crippen LogP contribution >= 0.6 is 12.2 Å². The van der Waals surface area contributed by atoms with Gasteiger partial charge >= 0.3 is 0 Å². The molecule has 2 rings (SSSR count). The highest BCUT2D eigenvalue weighted by Crippen LogP contribution is 2.23. The molecule has 82 valence electrons. The summed E-state index contributed by atoms with van der Waals surface area (Å²) in [5.74, 6) is 1.38. The molecular formula is C11H16N2OS. The number of rotatable bonds is 1. The summed E-state index contributed by atoms with van der Waals surface area (Å²) in [7, 11) is 0. The van der Waals surface area contributed by atoms with Crippen molar-refractivity contribution < 1.29 is 4.74 Å². The molecule has 1 atom stereocenters. The van der Waals surface area contributed by atoms with Gasteiger partial charge in [0.15, 0.2) is 0 Å². The fourth-order valence-corrected chi connectivity index (χ4v) is 2.07. The molecule has 1 aliphatic heterocycles. The number of hydrogen-bond acceptors (Lipinski definition) is 3. The van der Waals surface area contributed by atoms with Crippen LogP contribution in [0, 0.1) is 18.5 Å². The topological polar surface area (TPSA) is 37.9 Å². The summed E-state index contributed by atoms with van der Waals surface area (Å²) in [5.41, 5.74) is 2.20. The second-order valence-electron chi connectivity index (χ2n) is 4.09. The zero-order valence-corrected chi connectivity index (χ0v) is 9.99. The lowest BCUT2D eigenvalue weighted by molar-refractivity contribution is 0.0779. The van der Waals surface area contributed by atoms with Crippen molar-refractivity contribution >= 4 is 12.2 Å². The van der Waals surface area contributed by atoms with E-state index in [9.17, 15) is 0 Å². The smallest absolute Gasteiger partial charge is 0.132 e. The van der Waals surface area contributed by atoms with Crippen LogP contribution < -0.4 is 0 Å². The van der Waals surface area contributed by atoms with E-state index in [2.05, 4.69) is 9.97 Å². The Bertz CT molecular complexity index is 408. The van der Waals surface area contributed by atoms with Gasteiger partial charge in [0, 0.05) is 23.8 Å². The van der Waals surface area contributed by atoms with Crippen LogP contribution in [-0.4, -0.2) is 23.2 Å². The van der Waals surface area contributed by atoms with Gasteiger partial charge in [-0.25, -0.2) is 4.98 Å². The quantitative estimate of drug-likeness (QED) is 0.745. The predicted molar refractivity (Wildman–Crippen MR) is 61.7 cm³/mol. The Balaban J connectivity index is 2.32. The van der Waals surface area contributed by atoms with Gasteiger partial charge in [-0.3, -0.25) is 0 Å². The normalized spacial score (nSPS) is 21.6. The maximum atomic E-state index is 5.45. The SMILES string of the molecule is Cc1[nH]c(C2CCCOC2)nc(=S)c1C. The van der Waals surface area contributed by atoms with Crippen molar-refractivity contribution in [2.45, 2.75) is 32.6 Å². The largest absolute Gasteiger partial charge is 0.381 e. The highest BCUT2D eigenvalue weighted by Gasteiger charge is 2.18. The number of ether oxygens (including phenoxy) is 1. The second kappa shape index (κ2) is 4.41. The molecule has 0 radical (unpaired) electrons. The summed E-state index contributed by atoms with van der Waals surface area (Å²) in [6.07, 6.45) is 2.25. The molecule has 3 nitrogen and oxygen atoms in total. The van der Waals surface area contributed by atoms with Crippen LogP contribution in [0.1, 0.15) is 35.8 Å². The van der Waals surface area contributed by atoms with E-state index in [0.29, 0.717) is 10.6 Å². The number of H-pyrrole nitrogens is 1. The van der Waals surface area contributed by atoms with Crippen LogP contribution in [0.25, 0.3) is 0 Å². The first-order valence-electron chi connectivity index (χ1n) is 5.33. The molecule has 0 aromatic carbocycles. The summed E-state index contributed by atoms with van der Waals surface area (Å²) < 4.78 is 6.17. The molecule has 0 bridgehead atoms. The van der Waals surface area contributed by atoms with Crippen LogP contribution in [-0.2, 0) is 4.74 Å². The molecule has 0 aliphatic carbocycles. The maximum absolute atomic E-state index is 5.45. The fourth-order valence-electron chi connectivity index (χ4n) is 1.82. The predicted octanol–water partition coefficient (Wildman–Crippen LogP) is 2.65. The van der Waals surface area contributed by atoms with Gasteiger partial charge in [-0.05, 0) is 26.7 Å². The lowest BCUT2D eigenvalue weighted by Gasteiger charge is -2.21. The monoisotopic (exact) mass is 224 g/mol. The van der Waals surface area contributed by atoms with Crippen molar-refractivity contribution in [2.75, 3.05) is 13.2 Å². The first kappa shape index (κ1) is 10.8. The van der Waals surface area contributed by atoms with Crippen molar-refractivity contribution in [3.05, 3.63) is 21.7 Å². The maximum Gasteiger partial charge on any atom is 0.132 e. The molecule has 4 heteroatoms. The Hall–Kier alpha value is -0.740. The van der Waals surface area contributed by atoms with E-state index < -0.39 is 0 Å². The molecule has 0 amide bonds. The van der Waals surface area contributed by atoms with Crippen molar-refractivity contribution in [1.82, 2.24) is 9.97 Å². The van der Waals surface area contributed by atoms with E-state index >= 15 is 0 Å². The molecule has 15 heavy (non-hydrogen) atoms. The first-order chi connectivity index (χ1) is 7.18. The summed E-state index contributed by atoms with van der Waals surface area (Å²) >= 11 is 5.23. The lowest BCUT2D eigenvalue weighted by atomic mass is 10.0.